The number of halogens is 2. The number of hydrogen-bond acceptors (Lipinski definition) is 2. The summed E-state index contributed by atoms with van der Waals surface area (Å²) < 4.78 is 14.4. The fourth-order valence-electron chi connectivity index (χ4n) is 2.70. The van der Waals surface area contributed by atoms with Gasteiger partial charge in [-0.1, -0.05) is 26.7 Å². The molecule has 1 aromatic carbocycles. The van der Waals surface area contributed by atoms with E-state index < -0.39 is 0 Å². The van der Waals surface area contributed by atoms with E-state index in [1.165, 1.54) is 12.8 Å². The summed E-state index contributed by atoms with van der Waals surface area (Å²) in [5, 5.41) is 12.2. The number of hydrogen-bond donors (Lipinski definition) is 1. The summed E-state index contributed by atoms with van der Waals surface area (Å²) in [6.07, 6.45) is 4.64. The lowest BCUT2D eigenvalue weighted by Gasteiger charge is -2.39. The van der Waals surface area contributed by atoms with Crippen molar-refractivity contribution in [2.75, 3.05) is 5.32 Å². The van der Waals surface area contributed by atoms with Crippen LogP contribution in [0.25, 0.3) is 0 Å². The number of nitriles is 1. The van der Waals surface area contributed by atoms with Crippen LogP contribution in [0.15, 0.2) is 16.6 Å². The fraction of sp³-hybridized carbons (Fsp3) is 0.533. The highest BCUT2D eigenvalue weighted by Crippen LogP contribution is 2.38. The molecule has 102 valence electrons. The molecule has 1 unspecified atom stereocenters. The molecule has 1 aromatic rings. The molecule has 0 bridgehead atoms. The van der Waals surface area contributed by atoms with E-state index in [0.29, 0.717) is 11.3 Å². The van der Waals surface area contributed by atoms with Gasteiger partial charge in [0, 0.05) is 6.04 Å². The van der Waals surface area contributed by atoms with Crippen LogP contribution in [0.5, 0.6) is 0 Å². The summed E-state index contributed by atoms with van der Waals surface area (Å²) in [5.41, 5.74) is 0.974. The molecule has 1 fully saturated rings. The first kappa shape index (κ1) is 14.3. The average Bonchev–Trinajstić information content (AvgIpc) is 2.37. The Labute approximate surface area is 122 Å². The van der Waals surface area contributed by atoms with E-state index in [1.807, 2.05) is 6.07 Å². The number of anilines is 1. The Kier molecular flexibility index (Phi) is 4.15. The summed E-state index contributed by atoms with van der Waals surface area (Å²) in [6.45, 7) is 4.45. The molecule has 1 N–H and O–H groups in total. The third kappa shape index (κ3) is 2.92. The van der Waals surface area contributed by atoms with Crippen molar-refractivity contribution in [1.82, 2.24) is 0 Å². The van der Waals surface area contributed by atoms with Gasteiger partial charge < -0.3 is 5.32 Å². The van der Waals surface area contributed by atoms with Crippen molar-refractivity contribution >= 4 is 21.6 Å². The first-order chi connectivity index (χ1) is 8.95. The maximum absolute atomic E-state index is 14.2. The van der Waals surface area contributed by atoms with E-state index in [-0.39, 0.29) is 21.7 Å². The zero-order chi connectivity index (χ0) is 14.0. The van der Waals surface area contributed by atoms with Crippen LogP contribution in [-0.2, 0) is 0 Å². The smallest absolute Gasteiger partial charge is 0.161 e. The van der Waals surface area contributed by atoms with E-state index in [2.05, 4.69) is 35.1 Å². The highest BCUT2D eigenvalue weighted by molar-refractivity contribution is 9.10. The first-order valence-electron chi connectivity index (χ1n) is 6.60. The molecule has 0 aromatic heterocycles. The molecule has 0 amide bonds. The van der Waals surface area contributed by atoms with Crippen LogP contribution in [0.4, 0.5) is 10.1 Å². The largest absolute Gasteiger partial charge is 0.379 e. The van der Waals surface area contributed by atoms with E-state index in [1.54, 1.807) is 12.1 Å². The molecule has 0 radical (unpaired) electrons. The van der Waals surface area contributed by atoms with Crippen LogP contribution in [0.2, 0.25) is 0 Å². The van der Waals surface area contributed by atoms with Crippen LogP contribution >= 0.6 is 15.9 Å². The maximum atomic E-state index is 14.2. The zero-order valence-corrected chi connectivity index (χ0v) is 12.8. The second-order valence-corrected chi connectivity index (χ2v) is 6.62. The van der Waals surface area contributed by atoms with E-state index >= 15 is 0 Å². The molecular formula is C15H18BrFN2. The zero-order valence-electron chi connectivity index (χ0n) is 11.3. The van der Waals surface area contributed by atoms with Crippen molar-refractivity contribution in [1.29, 1.82) is 5.26 Å². The number of benzene rings is 1. The summed E-state index contributed by atoms with van der Waals surface area (Å²) in [7, 11) is 0. The Hall–Kier alpha value is -1.08. The molecule has 1 atom stereocenters. The van der Waals surface area contributed by atoms with Crippen LogP contribution in [0.3, 0.4) is 0 Å². The number of nitrogens with zero attached hydrogens (tertiary/aromatic N) is 1. The van der Waals surface area contributed by atoms with Gasteiger partial charge in [-0.25, -0.2) is 4.39 Å². The van der Waals surface area contributed by atoms with E-state index in [0.717, 1.165) is 12.8 Å². The summed E-state index contributed by atoms with van der Waals surface area (Å²) in [4.78, 5) is 0. The lowest BCUT2D eigenvalue weighted by Crippen LogP contribution is -2.39. The third-order valence-corrected chi connectivity index (χ3v) is 4.82. The monoisotopic (exact) mass is 324 g/mol. The first-order valence-corrected chi connectivity index (χ1v) is 7.39. The van der Waals surface area contributed by atoms with Crippen LogP contribution in [0.1, 0.15) is 45.1 Å². The number of nitrogens with one attached hydrogen (secondary N) is 1. The lowest BCUT2D eigenvalue weighted by atomic mass is 9.73. The van der Waals surface area contributed by atoms with Crippen molar-refractivity contribution in [2.45, 2.75) is 45.6 Å². The number of rotatable bonds is 2. The van der Waals surface area contributed by atoms with Gasteiger partial charge in [0.25, 0.3) is 0 Å². The molecule has 1 aliphatic carbocycles. The van der Waals surface area contributed by atoms with Crippen molar-refractivity contribution < 1.29 is 4.39 Å². The fourth-order valence-corrected chi connectivity index (χ4v) is 3.13. The minimum Gasteiger partial charge on any atom is -0.379 e. The second-order valence-electron chi connectivity index (χ2n) is 5.83. The van der Waals surface area contributed by atoms with Crippen molar-refractivity contribution in [3.05, 3.63) is 28.0 Å². The van der Waals surface area contributed by atoms with Crippen LogP contribution in [0, 0.1) is 22.6 Å². The third-order valence-electron chi connectivity index (χ3n) is 4.04. The Morgan fingerprint density at radius 3 is 2.79 bits per heavy atom. The minimum atomic E-state index is -0.375. The van der Waals surface area contributed by atoms with Crippen molar-refractivity contribution in [2.24, 2.45) is 5.41 Å². The minimum absolute atomic E-state index is 0.172. The summed E-state index contributed by atoms with van der Waals surface area (Å²) in [5.74, 6) is -0.375. The van der Waals surface area contributed by atoms with Gasteiger partial charge in [-0.15, -0.1) is 0 Å². The normalized spacial score (nSPS) is 21.7. The van der Waals surface area contributed by atoms with Gasteiger partial charge >= 0.3 is 0 Å². The van der Waals surface area contributed by atoms with Crippen molar-refractivity contribution in [3.8, 4) is 6.07 Å². The Balaban J connectivity index is 2.24. The molecule has 0 saturated heterocycles. The molecule has 1 aliphatic rings. The molecule has 0 spiro atoms. The van der Waals surface area contributed by atoms with E-state index in [4.69, 9.17) is 5.26 Å². The van der Waals surface area contributed by atoms with Gasteiger partial charge in [-0.2, -0.15) is 5.26 Å². The molecule has 0 aliphatic heterocycles. The van der Waals surface area contributed by atoms with Gasteiger partial charge in [0.15, 0.2) is 5.82 Å². The SMILES string of the molecule is CC1(C)CCCCC1Nc1ccc(C#N)c(Br)c1F. The predicted molar refractivity (Wildman–Crippen MR) is 78.5 cm³/mol. The van der Waals surface area contributed by atoms with Gasteiger partial charge in [0.05, 0.1) is 15.7 Å². The van der Waals surface area contributed by atoms with E-state index in [9.17, 15) is 4.39 Å². The molecule has 19 heavy (non-hydrogen) atoms. The van der Waals surface area contributed by atoms with Crippen LogP contribution < -0.4 is 5.32 Å². The maximum Gasteiger partial charge on any atom is 0.161 e. The molecule has 4 heteroatoms. The van der Waals surface area contributed by atoms with Gasteiger partial charge in [-0.3, -0.25) is 0 Å². The highest BCUT2D eigenvalue weighted by Gasteiger charge is 2.32. The molecule has 1 saturated carbocycles. The standard InChI is InChI=1S/C15H18BrFN2/c1-15(2)8-4-3-5-12(15)19-11-7-6-10(9-18)13(16)14(11)17/h6-7,12,19H,3-5,8H2,1-2H3. The quantitative estimate of drug-likeness (QED) is 0.844. The topological polar surface area (TPSA) is 35.8 Å². The van der Waals surface area contributed by atoms with Gasteiger partial charge in [-0.05, 0) is 46.3 Å². The Morgan fingerprint density at radius 2 is 2.16 bits per heavy atom. The molecule has 0 heterocycles. The van der Waals surface area contributed by atoms with Gasteiger partial charge in [0.2, 0.25) is 0 Å². The lowest BCUT2D eigenvalue weighted by molar-refractivity contribution is 0.216. The predicted octanol–water partition coefficient (Wildman–Crippen LogP) is 4.84. The average molecular weight is 325 g/mol. The Bertz CT molecular complexity index is 520. The summed E-state index contributed by atoms with van der Waals surface area (Å²) in [6, 6.07) is 5.54. The second kappa shape index (κ2) is 5.50. The van der Waals surface area contributed by atoms with Gasteiger partial charge in [0.1, 0.15) is 6.07 Å². The van der Waals surface area contributed by atoms with Crippen LogP contribution in [-0.4, -0.2) is 6.04 Å². The highest BCUT2D eigenvalue weighted by atomic mass is 79.9. The molecular weight excluding hydrogens is 307 g/mol. The molecule has 2 rings (SSSR count). The van der Waals surface area contributed by atoms with Crippen molar-refractivity contribution in [3.63, 3.8) is 0 Å². The Morgan fingerprint density at radius 1 is 1.42 bits per heavy atom. The summed E-state index contributed by atoms with van der Waals surface area (Å²) >= 11 is 3.15. The molecule has 2 nitrogen and oxygen atoms in total.